The number of nitrogens with zero attached hydrogens (tertiary/aromatic N) is 1. The van der Waals surface area contributed by atoms with Gasteiger partial charge in [0.15, 0.2) is 0 Å². The summed E-state index contributed by atoms with van der Waals surface area (Å²) in [4.78, 5) is 2.30. The Hall–Kier alpha value is -1.02. The third kappa shape index (κ3) is 1.42. The van der Waals surface area contributed by atoms with Crippen molar-refractivity contribution in [2.45, 2.75) is 12.5 Å². The number of benzene rings is 1. The van der Waals surface area contributed by atoms with Crippen LogP contribution in [0.4, 0.5) is 5.69 Å². The number of hydrogen-bond donors (Lipinski definition) is 0. The van der Waals surface area contributed by atoms with Gasteiger partial charge < -0.3 is 9.64 Å². The van der Waals surface area contributed by atoms with E-state index in [1.54, 1.807) is 7.11 Å². The van der Waals surface area contributed by atoms with Gasteiger partial charge in [0.25, 0.3) is 0 Å². The molecule has 2 rings (SSSR count). The molecule has 2 nitrogen and oxygen atoms in total. The lowest BCUT2D eigenvalue weighted by molar-refractivity contribution is 0.180. The van der Waals surface area contributed by atoms with E-state index in [0.29, 0.717) is 6.04 Å². The SMILES string of the molecule is COC[C@@H]1Cc2ccccc2N1C. The lowest BCUT2D eigenvalue weighted by atomic mass is 10.1. The summed E-state index contributed by atoms with van der Waals surface area (Å²) in [6, 6.07) is 9.07. The van der Waals surface area contributed by atoms with Gasteiger partial charge >= 0.3 is 0 Å². The summed E-state index contributed by atoms with van der Waals surface area (Å²) in [5.74, 6) is 0. The lowest BCUT2D eigenvalue weighted by Crippen LogP contribution is -2.31. The van der Waals surface area contributed by atoms with Crippen LogP contribution in [0.2, 0.25) is 0 Å². The molecule has 13 heavy (non-hydrogen) atoms. The van der Waals surface area contributed by atoms with Gasteiger partial charge in [-0.1, -0.05) is 18.2 Å². The highest BCUT2D eigenvalue weighted by atomic mass is 16.5. The molecule has 1 aliphatic rings. The fourth-order valence-corrected chi connectivity index (χ4v) is 1.98. The Morgan fingerprint density at radius 3 is 2.92 bits per heavy atom. The Balaban J connectivity index is 2.22. The van der Waals surface area contributed by atoms with Crippen molar-refractivity contribution in [1.29, 1.82) is 0 Å². The molecule has 0 saturated heterocycles. The zero-order valence-corrected chi connectivity index (χ0v) is 8.16. The Labute approximate surface area is 79.1 Å². The number of anilines is 1. The molecule has 1 aromatic rings. The minimum absolute atomic E-state index is 0.516. The van der Waals surface area contributed by atoms with Gasteiger partial charge in [-0.2, -0.15) is 0 Å². The molecular formula is C11H15NO. The maximum atomic E-state index is 5.19. The van der Waals surface area contributed by atoms with Gasteiger partial charge in [0, 0.05) is 19.8 Å². The zero-order valence-electron chi connectivity index (χ0n) is 8.16. The molecule has 1 aliphatic heterocycles. The van der Waals surface area contributed by atoms with Gasteiger partial charge in [0.05, 0.1) is 12.6 Å². The highest BCUT2D eigenvalue weighted by molar-refractivity contribution is 5.58. The van der Waals surface area contributed by atoms with Gasteiger partial charge in [-0.3, -0.25) is 0 Å². The van der Waals surface area contributed by atoms with Crippen molar-refractivity contribution >= 4 is 5.69 Å². The van der Waals surface area contributed by atoms with Crippen LogP contribution < -0.4 is 4.90 Å². The van der Waals surface area contributed by atoms with E-state index >= 15 is 0 Å². The highest BCUT2D eigenvalue weighted by Crippen LogP contribution is 2.30. The Morgan fingerprint density at radius 1 is 1.46 bits per heavy atom. The van der Waals surface area contributed by atoms with Gasteiger partial charge in [-0.25, -0.2) is 0 Å². The van der Waals surface area contributed by atoms with E-state index in [4.69, 9.17) is 4.74 Å². The largest absolute Gasteiger partial charge is 0.383 e. The predicted molar refractivity (Wildman–Crippen MR) is 54.2 cm³/mol. The summed E-state index contributed by atoms with van der Waals surface area (Å²) in [5.41, 5.74) is 2.79. The monoisotopic (exact) mass is 177 g/mol. The van der Waals surface area contributed by atoms with Crippen LogP contribution in [0, 0.1) is 0 Å². The first-order valence-corrected chi connectivity index (χ1v) is 4.62. The van der Waals surface area contributed by atoms with Crippen LogP contribution >= 0.6 is 0 Å². The fraction of sp³-hybridized carbons (Fsp3) is 0.455. The molecule has 0 aromatic heterocycles. The second-order valence-corrected chi connectivity index (χ2v) is 3.55. The Bertz CT molecular complexity index is 298. The molecule has 1 heterocycles. The summed E-state index contributed by atoms with van der Waals surface area (Å²) in [6.07, 6.45) is 1.11. The maximum absolute atomic E-state index is 5.19. The number of hydrogen-bond acceptors (Lipinski definition) is 2. The number of fused-ring (bicyclic) bond motifs is 1. The molecule has 0 spiro atoms. The summed E-state index contributed by atoms with van der Waals surface area (Å²) in [6.45, 7) is 0.811. The number of para-hydroxylation sites is 1. The third-order valence-electron chi connectivity index (χ3n) is 2.73. The fourth-order valence-electron chi connectivity index (χ4n) is 1.98. The highest BCUT2D eigenvalue weighted by Gasteiger charge is 2.25. The van der Waals surface area contributed by atoms with Gasteiger partial charge in [0.1, 0.15) is 0 Å². The van der Waals surface area contributed by atoms with Crippen LogP contribution in [0.5, 0.6) is 0 Å². The van der Waals surface area contributed by atoms with Crippen molar-refractivity contribution in [3.05, 3.63) is 29.8 Å². The maximum Gasteiger partial charge on any atom is 0.0669 e. The number of rotatable bonds is 2. The van der Waals surface area contributed by atoms with Crippen molar-refractivity contribution < 1.29 is 4.74 Å². The summed E-state index contributed by atoms with van der Waals surface area (Å²) >= 11 is 0. The number of likely N-dealkylation sites (N-methyl/N-ethyl adjacent to an activating group) is 1. The minimum Gasteiger partial charge on any atom is -0.383 e. The smallest absolute Gasteiger partial charge is 0.0669 e. The van der Waals surface area contributed by atoms with Crippen molar-refractivity contribution in [3.63, 3.8) is 0 Å². The first kappa shape index (κ1) is 8.57. The molecule has 0 amide bonds. The summed E-state index contributed by atoms with van der Waals surface area (Å²) < 4.78 is 5.19. The van der Waals surface area contributed by atoms with Gasteiger partial charge in [0.2, 0.25) is 0 Å². The molecule has 1 atom stereocenters. The third-order valence-corrected chi connectivity index (χ3v) is 2.73. The predicted octanol–water partition coefficient (Wildman–Crippen LogP) is 1.69. The van der Waals surface area contributed by atoms with Crippen LogP contribution in [0.25, 0.3) is 0 Å². The summed E-state index contributed by atoms with van der Waals surface area (Å²) in [5, 5.41) is 0. The molecule has 0 saturated carbocycles. The van der Waals surface area contributed by atoms with Gasteiger partial charge in [-0.05, 0) is 18.1 Å². The molecule has 0 N–H and O–H groups in total. The molecule has 0 unspecified atom stereocenters. The average Bonchev–Trinajstić information content (AvgIpc) is 2.46. The van der Waals surface area contributed by atoms with Crippen LogP contribution in [-0.2, 0) is 11.2 Å². The van der Waals surface area contributed by atoms with E-state index in [-0.39, 0.29) is 0 Å². The number of ether oxygens (including phenoxy) is 1. The molecule has 0 fully saturated rings. The van der Waals surface area contributed by atoms with E-state index in [9.17, 15) is 0 Å². The van der Waals surface area contributed by atoms with Crippen LogP contribution in [0.1, 0.15) is 5.56 Å². The molecule has 0 bridgehead atoms. The van der Waals surface area contributed by atoms with E-state index in [1.807, 2.05) is 0 Å². The summed E-state index contributed by atoms with van der Waals surface area (Å²) in [7, 11) is 3.90. The molecular weight excluding hydrogens is 162 g/mol. The van der Waals surface area contributed by atoms with E-state index < -0.39 is 0 Å². The second kappa shape index (κ2) is 3.38. The molecule has 0 radical (unpaired) electrons. The second-order valence-electron chi connectivity index (χ2n) is 3.55. The van der Waals surface area contributed by atoms with E-state index in [2.05, 4.69) is 36.2 Å². The average molecular weight is 177 g/mol. The van der Waals surface area contributed by atoms with Crippen LogP contribution in [-0.4, -0.2) is 26.8 Å². The number of methoxy groups -OCH3 is 1. The first-order valence-electron chi connectivity index (χ1n) is 4.62. The van der Waals surface area contributed by atoms with Crippen molar-refractivity contribution in [3.8, 4) is 0 Å². The van der Waals surface area contributed by atoms with Gasteiger partial charge in [-0.15, -0.1) is 0 Å². The Morgan fingerprint density at radius 2 is 2.23 bits per heavy atom. The normalized spacial score (nSPS) is 20.5. The topological polar surface area (TPSA) is 12.5 Å². The van der Waals surface area contributed by atoms with Crippen LogP contribution in [0.3, 0.4) is 0 Å². The minimum atomic E-state index is 0.516. The molecule has 2 heteroatoms. The van der Waals surface area contributed by atoms with E-state index in [1.165, 1.54) is 11.3 Å². The van der Waals surface area contributed by atoms with Crippen molar-refractivity contribution in [1.82, 2.24) is 0 Å². The van der Waals surface area contributed by atoms with Crippen LogP contribution in [0.15, 0.2) is 24.3 Å². The molecule has 0 aliphatic carbocycles. The van der Waals surface area contributed by atoms with Crippen molar-refractivity contribution in [2.75, 3.05) is 25.7 Å². The van der Waals surface area contributed by atoms with E-state index in [0.717, 1.165) is 13.0 Å². The standard InChI is InChI=1S/C11H15NO/c1-12-10(8-13-2)7-9-5-3-4-6-11(9)12/h3-6,10H,7-8H2,1-2H3/t10-/m0/s1. The lowest BCUT2D eigenvalue weighted by Gasteiger charge is -2.21. The molecule has 70 valence electrons. The Kier molecular flexibility index (Phi) is 2.23. The van der Waals surface area contributed by atoms with Crippen molar-refractivity contribution in [2.24, 2.45) is 0 Å². The zero-order chi connectivity index (χ0) is 9.26. The first-order chi connectivity index (χ1) is 6.33. The molecule has 1 aromatic carbocycles. The quantitative estimate of drug-likeness (QED) is 0.681.